The molecule has 2 amide bonds. The summed E-state index contributed by atoms with van der Waals surface area (Å²) in [4.78, 5) is 39.9. The van der Waals surface area contributed by atoms with Gasteiger partial charge >= 0.3 is 5.97 Å². The summed E-state index contributed by atoms with van der Waals surface area (Å²) in [7, 11) is 6.73. The molecule has 4 N–H and O–H groups in total. The second-order valence-electron chi connectivity index (χ2n) is 17.3. The molecule has 12 nitrogen and oxygen atoms in total. The molecule has 0 aliphatic heterocycles. The zero-order valence-electron chi connectivity index (χ0n) is 42.6. The first-order valence-corrected chi connectivity index (χ1v) is 25.8. The number of amides is 2. The van der Waals surface area contributed by atoms with E-state index in [-0.39, 0.29) is 34.5 Å². The normalized spacial score (nSPS) is 10.5. The summed E-state index contributed by atoms with van der Waals surface area (Å²) in [6.45, 7) is 2.60. The van der Waals surface area contributed by atoms with Crippen LogP contribution in [0.1, 0.15) is 52.5 Å². The number of phenols is 2. The number of aromatic hydroxyl groups is 2. The zero-order valence-corrected chi connectivity index (χ0v) is 45.8. The van der Waals surface area contributed by atoms with Crippen molar-refractivity contribution in [2.75, 3.05) is 43.9 Å². The van der Waals surface area contributed by atoms with Gasteiger partial charge in [0.05, 0.1) is 49.5 Å². The van der Waals surface area contributed by atoms with Crippen LogP contribution in [0, 0.1) is 0 Å². The molecule has 9 rings (SSSR count). The molecular weight excluding hydrogens is 1090 g/mol. The SMILES string of the molecule is CCCCC(=O)Oc1cc2ccc(Br)cc2cc1C(=O)Nc1ccccc1OC.COc1ccccc1N(C)Cc1cc2cc(Br)ccc2cc1O.COc1ccccc1NC(=O)c1cccc(-c2ccccc2)c1O. The first-order valence-electron chi connectivity index (χ1n) is 24.3. The van der Waals surface area contributed by atoms with Crippen LogP contribution in [0.3, 0.4) is 0 Å². The van der Waals surface area contributed by atoms with Gasteiger partial charge in [0.15, 0.2) is 0 Å². The number of carbonyl (C=O) groups excluding carboxylic acids is 3. The van der Waals surface area contributed by atoms with Crippen molar-refractivity contribution in [2.45, 2.75) is 32.7 Å². The molecule has 0 atom stereocenters. The van der Waals surface area contributed by atoms with Gasteiger partial charge < -0.3 is 44.7 Å². The maximum Gasteiger partial charge on any atom is 0.311 e. The average molecular weight is 1150 g/mol. The number of rotatable bonds is 15. The first kappa shape index (κ1) is 55.4. The van der Waals surface area contributed by atoms with Gasteiger partial charge in [-0.3, -0.25) is 14.4 Å². The number of nitrogens with one attached hydrogen (secondary N) is 2. The third kappa shape index (κ3) is 14.3. The molecule has 14 heteroatoms. The fourth-order valence-corrected chi connectivity index (χ4v) is 8.93. The molecule has 76 heavy (non-hydrogen) atoms. The number of esters is 1. The Morgan fingerprint density at radius 3 is 1.68 bits per heavy atom. The number of hydrogen-bond acceptors (Lipinski definition) is 10. The van der Waals surface area contributed by atoms with Gasteiger partial charge in [0, 0.05) is 40.1 Å². The molecule has 0 saturated heterocycles. The fourth-order valence-electron chi connectivity index (χ4n) is 8.17. The Hall–Kier alpha value is -8.33. The van der Waals surface area contributed by atoms with E-state index in [1.165, 1.54) is 0 Å². The molecule has 0 spiro atoms. The third-order valence-corrected chi connectivity index (χ3v) is 13.1. The van der Waals surface area contributed by atoms with Crippen molar-refractivity contribution in [1.82, 2.24) is 0 Å². The summed E-state index contributed by atoms with van der Waals surface area (Å²) in [5.41, 5.74) is 4.92. The molecule has 0 aromatic heterocycles. The molecular formula is C62H57Br2N3O9. The van der Waals surface area contributed by atoms with Gasteiger partial charge in [-0.15, -0.1) is 0 Å². The lowest BCUT2D eigenvalue weighted by atomic mass is 10.0. The van der Waals surface area contributed by atoms with E-state index in [1.54, 1.807) is 88.1 Å². The van der Waals surface area contributed by atoms with Gasteiger partial charge in [0.25, 0.3) is 11.8 Å². The fraction of sp³-hybridized carbons (Fsp3) is 0.145. The second-order valence-corrected chi connectivity index (χ2v) is 19.1. The number of nitrogens with zero attached hydrogens (tertiary/aromatic N) is 1. The van der Waals surface area contributed by atoms with Crippen LogP contribution in [-0.2, 0) is 11.3 Å². The van der Waals surface area contributed by atoms with Gasteiger partial charge in [-0.1, -0.05) is 136 Å². The second kappa shape index (κ2) is 26.8. The number of ether oxygens (including phenoxy) is 4. The van der Waals surface area contributed by atoms with Crippen molar-refractivity contribution < 1.29 is 43.5 Å². The Balaban J connectivity index is 0.000000167. The van der Waals surface area contributed by atoms with E-state index in [4.69, 9.17) is 18.9 Å². The van der Waals surface area contributed by atoms with E-state index in [2.05, 4.69) is 53.5 Å². The summed E-state index contributed by atoms with van der Waals surface area (Å²) < 4.78 is 23.4. The third-order valence-electron chi connectivity index (χ3n) is 12.1. The van der Waals surface area contributed by atoms with Gasteiger partial charge in [-0.25, -0.2) is 0 Å². The van der Waals surface area contributed by atoms with E-state index >= 15 is 0 Å². The molecule has 388 valence electrons. The highest BCUT2D eigenvalue weighted by Gasteiger charge is 2.20. The predicted octanol–water partition coefficient (Wildman–Crippen LogP) is 15.2. The number of phenolic OH excluding ortho intramolecular Hbond substituents is 2. The topological polar surface area (TPSA) is 156 Å². The van der Waals surface area contributed by atoms with Crippen LogP contribution >= 0.6 is 31.9 Å². The minimum Gasteiger partial charge on any atom is -0.508 e. The minimum absolute atomic E-state index is 0.0453. The molecule has 0 unspecified atom stereocenters. The Bertz CT molecular complexity index is 3480. The van der Waals surface area contributed by atoms with Crippen molar-refractivity contribution in [3.05, 3.63) is 208 Å². The van der Waals surface area contributed by atoms with Crippen molar-refractivity contribution in [2.24, 2.45) is 0 Å². The smallest absolute Gasteiger partial charge is 0.311 e. The lowest BCUT2D eigenvalue weighted by Crippen LogP contribution is -2.17. The number of anilines is 3. The lowest BCUT2D eigenvalue weighted by molar-refractivity contribution is -0.134. The van der Waals surface area contributed by atoms with Crippen LogP contribution in [0.5, 0.6) is 34.5 Å². The summed E-state index contributed by atoms with van der Waals surface area (Å²) >= 11 is 6.94. The van der Waals surface area contributed by atoms with Crippen molar-refractivity contribution in [3.8, 4) is 45.6 Å². The molecule has 0 saturated carbocycles. The first-order chi connectivity index (χ1) is 36.8. The Kier molecular flexibility index (Phi) is 19.5. The molecule has 0 bridgehead atoms. The van der Waals surface area contributed by atoms with Crippen molar-refractivity contribution in [1.29, 1.82) is 0 Å². The number of halogens is 2. The van der Waals surface area contributed by atoms with E-state index in [9.17, 15) is 24.6 Å². The largest absolute Gasteiger partial charge is 0.508 e. The predicted molar refractivity (Wildman–Crippen MR) is 311 cm³/mol. The van der Waals surface area contributed by atoms with Crippen LogP contribution in [-0.4, -0.2) is 56.4 Å². The lowest BCUT2D eigenvalue weighted by Gasteiger charge is -2.22. The molecule has 0 heterocycles. The Labute approximate surface area is 459 Å². The number of benzene rings is 9. The maximum atomic E-state index is 13.1. The highest BCUT2D eigenvalue weighted by Crippen LogP contribution is 2.36. The van der Waals surface area contributed by atoms with Crippen LogP contribution in [0.25, 0.3) is 32.7 Å². The van der Waals surface area contributed by atoms with Crippen molar-refractivity contribution in [3.63, 3.8) is 0 Å². The van der Waals surface area contributed by atoms with Crippen LogP contribution in [0.4, 0.5) is 17.1 Å². The zero-order chi connectivity index (χ0) is 54.1. The average Bonchev–Trinajstić information content (AvgIpc) is 3.44. The Morgan fingerprint density at radius 2 is 1.08 bits per heavy atom. The number of hydrogen-bond donors (Lipinski definition) is 4. The maximum absolute atomic E-state index is 13.1. The number of carbonyl (C=O) groups is 3. The summed E-state index contributed by atoms with van der Waals surface area (Å²) in [5, 5.41) is 30.3. The minimum atomic E-state index is -0.394. The standard InChI is InChI=1S/C23H22BrNO4.C20H17NO3.C19H18BrNO2/c1-3-4-9-22(26)29-21-14-15-10-11-17(24)12-16(15)13-18(21)23(27)25-19-7-5-6-8-20(19)28-2;1-24-18-13-6-5-12-17(18)21-20(23)16-11-7-10-15(19(16)22)14-8-3-2-4-9-14;1-21(17-5-3-4-6-19(17)23-2)12-15-9-14-10-16(20)8-7-13(14)11-18(15)22/h5-8,10-14H,3-4,9H2,1-2H3,(H,25,27);2-13,22H,1H3,(H,21,23);3-11,22H,12H2,1-2H3. The highest BCUT2D eigenvalue weighted by molar-refractivity contribution is 9.10. The number of fused-ring (bicyclic) bond motifs is 2. The van der Waals surface area contributed by atoms with E-state index in [0.717, 1.165) is 65.9 Å². The van der Waals surface area contributed by atoms with Gasteiger partial charge in [0.1, 0.15) is 34.5 Å². The number of unbranched alkanes of at least 4 members (excludes halogenated alkanes) is 1. The number of methoxy groups -OCH3 is 3. The van der Waals surface area contributed by atoms with Crippen LogP contribution in [0.2, 0.25) is 0 Å². The monoisotopic (exact) mass is 1150 g/mol. The molecule has 0 aliphatic carbocycles. The molecule has 9 aromatic rings. The van der Waals surface area contributed by atoms with Gasteiger partial charge in [-0.2, -0.15) is 0 Å². The van der Waals surface area contributed by atoms with Crippen LogP contribution in [0.15, 0.2) is 191 Å². The van der Waals surface area contributed by atoms with Gasteiger partial charge in [0.2, 0.25) is 0 Å². The van der Waals surface area contributed by atoms with Gasteiger partial charge in [-0.05, 0) is 125 Å². The van der Waals surface area contributed by atoms with E-state index in [0.29, 0.717) is 47.2 Å². The van der Waals surface area contributed by atoms with Crippen molar-refractivity contribution >= 4 is 88.3 Å². The molecule has 0 radical (unpaired) electrons. The summed E-state index contributed by atoms with van der Waals surface area (Å²) in [6.07, 6.45) is 1.94. The quantitative estimate of drug-likeness (QED) is 0.0576. The summed E-state index contributed by atoms with van der Waals surface area (Å²) in [6, 6.07) is 55.7. The highest BCUT2D eigenvalue weighted by atomic mass is 79.9. The van der Waals surface area contributed by atoms with E-state index in [1.807, 2.05) is 123 Å². The van der Waals surface area contributed by atoms with E-state index < -0.39 is 5.91 Å². The molecule has 9 aromatic carbocycles. The van der Waals surface area contributed by atoms with Crippen LogP contribution < -0.4 is 34.5 Å². The Morgan fingerprint density at radius 1 is 0.539 bits per heavy atom. The molecule has 0 fully saturated rings. The number of para-hydroxylation sites is 7. The summed E-state index contributed by atoms with van der Waals surface area (Å²) in [5.74, 6) is 1.30. The molecule has 0 aliphatic rings.